The maximum Gasteiger partial charge on any atom is 0.419 e. The van der Waals surface area contributed by atoms with E-state index in [4.69, 9.17) is 5.11 Å². The molecule has 2 N–H and O–H groups in total. The molecule has 0 bridgehead atoms. The quantitative estimate of drug-likeness (QED) is 0.804. The van der Waals surface area contributed by atoms with Gasteiger partial charge in [-0.25, -0.2) is 9.80 Å². The highest BCUT2D eigenvalue weighted by Crippen LogP contribution is 2.28. The van der Waals surface area contributed by atoms with E-state index in [2.05, 4.69) is 5.43 Å². The Balaban J connectivity index is 2.13. The maximum atomic E-state index is 10.7. The molecule has 1 saturated heterocycles. The standard InChI is InChI=1S/C12H16N2O2/c15-12(16)13-14-9-5-4-8-11(14)10-6-2-1-3-7-10/h1-3,6-7,11,13H,4-5,8-9H2,(H,15,16). The minimum absolute atomic E-state index is 0.172. The minimum Gasteiger partial charge on any atom is -0.464 e. The Hall–Kier alpha value is -1.55. The first kappa shape index (κ1) is 11.0. The van der Waals surface area contributed by atoms with Crippen molar-refractivity contribution in [2.45, 2.75) is 25.3 Å². The predicted octanol–water partition coefficient (Wildman–Crippen LogP) is 2.40. The SMILES string of the molecule is O=C(O)NN1CCCCC1c1ccccc1. The first-order valence-electron chi connectivity index (χ1n) is 5.58. The number of hydrazine groups is 1. The maximum absolute atomic E-state index is 10.7. The molecule has 1 heterocycles. The molecule has 0 saturated carbocycles. The molecule has 86 valence electrons. The molecule has 1 unspecified atom stereocenters. The van der Waals surface area contributed by atoms with Crippen LogP contribution in [0.15, 0.2) is 30.3 Å². The summed E-state index contributed by atoms with van der Waals surface area (Å²) in [4.78, 5) is 10.7. The summed E-state index contributed by atoms with van der Waals surface area (Å²) in [7, 11) is 0. The van der Waals surface area contributed by atoms with Crippen molar-refractivity contribution in [2.75, 3.05) is 6.54 Å². The lowest BCUT2D eigenvalue weighted by molar-refractivity contribution is 0.0791. The number of hydrogen-bond donors (Lipinski definition) is 2. The number of piperidine rings is 1. The lowest BCUT2D eigenvalue weighted by Gasteiger charge is -2.34. The third-order valence-electron chi connectivity index (χ3n) is 2.93. The normalized spacial score (nSPS) is 21.6. The van der Waals surface area contributed by atoms with Crippen molar-refractivity contribution in [1.29, 1.82) is 0 Å². The van der Waals surface area contributed by atoms with Gasteiger partial charge in [0.2, 0.25) is 0 Å². The van der Waals surface area contributed by atoms with Crippen LogP contribution in [0.25, 0.3) is 0 Å². The van der Waals surface area contributed by atoms with Crippen LogP contribution in [0.1, 0.15) is 30.9 Å². The summed E-state index contributed by atoms with van der Waals surface area (Å²) in [5.74, 6) is 0. The second-order valence-corrected chi connectivity index (χ2v) is 4.03. The Labute approximate surface area is 94.9 Å². The second kappa shape index (κ2) is 4.99. The highest BCUT2D eigenvalue weighted by molar-refractivity contribution is 5.63. The summed E-state index contributed by atoms with van der Waals surface area (Å²) < 4.78 is 0. The Morgan fingerprint density at radius 2 is 2.06 bits per heavy atom. The first-order valence-corrected chi connectivity index (χ1v) is 5.58. The van der Waals surface area contributed by atoms with Crippen LogP contribution in [0.3, 0.4) is 0 Å². The monoisotopic (exact) mass is 220 g/mol. The van der Waals surface area contributed by atoms with Gasteiger partial charge in [0.1, 0.15) is 0 Å². The van der Waals surface area contributed by atoms with E-state index in [9.17, 15) is 4.79 Å². The van der Waals surface area contributed by atoms with Crippen molar-refractivity contribution in [3.8, 4) is 0 Å². The molecule has 0 aromatic heterocycles. The van der Waals surface area contributed by atoms with Crippen LogP contribution >= 0.6 is 0 Å². The molecule has 0 aliphatic carbocycles. The van der Waals surface area contributed by atoms with Gasteiger partial charge in [-0.1, -0.05) is 36.8 Å². The molecule has 2 rings (SSSR count). The molecule has 1 aliphatic heterocycles. The van der Waals surface area contributed by atoms with E-state index in [0.29, 0.717) is 0 Å². The van der Waals surface area contributed by atoms with Gasteiger partial charge in [0.05, 0.1) is 6.04 Å². The van der Waals surface area contributed by atoms with E-state index in [-0.39, 0.29) is 6.04 Å². The Kier molecular flexibility index (Phi) is 3.41. The van der Waals surface area contributed by atoms with E-state index < -0.39 is 6.09 Å². The van der Waals surface area contributed by atoms with Crippen LogP contribution in [-0.2, 0) is 0 Å². The van der Waals surface area contributed by atoms with Crippen molar-refractivity contribution >= 4 is 6.09 Å². The van der Waals surface area contributed by atoms with E-state index in [1.807, 2.05) is 35.3 Å². The average molecular weight is 220 g/mol. The summed E-state index contributed by atoms with van der Waals surface area (Å²) in [6.07, 6.45) is 2.22. The van der Waals surface area contributed by atoms with Crippen molar-refractivity contribution < 1.29 is 9.90 Å². The third kappa shape index (κ3) is 2.52. The first-order chi connectivity index (χ1) is 7.77. The molecule has 4 nitrogen and oxygen atoms in total. The lowest BCUT2D eigenvalue weighted by atomic mass is 9.97. The molecular formula is C12H16N2O2. The Morgan fingerprint density at radius 3 is 2.75 bits per heavy atom. The average Bonchev–Trinajstić information content (AvgIpc) is 2.30. The lowest BCUT2D eigenvalue weighted by Crippen LogP contribution is -2.46. The summed E-state index contributed by atoms with van der Waals surface area (Å²) in [5, 5.41) is 10.6. The number of hydrogen-bond acceptors (Lipinski definition) is 2. The Morgan fingerprint density at radius 1 is 1.31 bits per heavy atom. The number of carboxylic acid groups (broad SMARTS) is 1. The van der Waals surface area contributed by atoms with Crippen LogP contribution in [0.2, 0.25) is 0 Å². The number of carbonyl (C=O) groups is 1. The zero-order valence-electron chi connectivity index (χ0n) is 9.10. The van der Waals surface area contributed by atoms with Crippen LogP contribution in [-0.4, -0.2) is 22.8 Å². The molecule has 16 heavy (non-hydrogen) atoms. The topological polar surface area (TPSA) is 52.6 Å². The van der Waals surface area contributed by atoms with E-state index >= 15 is 0 Å². The van der Waals surface area contributed by atoms with Crippen LogP contribution in [0, 0.1) is 0 Å². The van der Waals surface area contributed by atoms with Crippen molar-refractivity contribution in [1.82, 2.24) is 10.4 Å². The molecule has 1 aromatic rings. The van der Waals surface area contributed by atoms with Crippen LogP contribution in [0.5, 0.6) is 0 Å². The summed E-state index contributed by atoms with van der Waals surface area (Å²) in [6.45, 7) is 0.784. The molecule has 1 fully saturated rings. The smallest absolute Gasteiger partial charge is 0.419 e. The molecule has 0 spiro atoms. The molecule has 1 amide bonds. The summed E-state index contributed by atoms with van der Waals surface area (Å²) in [6, 6.07) is 10.2. The van der Waals surface area contributed by atoms with Gasteiger partial charge in [-0.05, 0) is 18.4 Å². The number of nitrogens with one attached hydrogen (secondary N) is 1. The highest BCUT2D eigenvalue weighted by Gasteiger charge is 2.24. The van der Waals surface area contributed by atoms with Gasteiger partial charge < -0.3 is 5.11 Å². The summed E-state index contributed by atoms with van der Waals surface area (Å²) >= 11 is 0. The highest BCUT2D eigenvalue weighted by atomic mass is 16.4. The van der Waals surface area contributed by atoms with Gasteiger partial charge in [0.15, 0.2) is 0 Å². The molecule has 1 aliphatic rings. The Bertz CT molecular complexity index is 353. The minimum atomic E-state index is -0.983. The van der Waals surface area contributed by atoms with Gasteiger partial charge in [-0.3, -0.25) is 5.43 Å². The summed E-state index contributed by atoms with van der Waals surface area (Å²) in [5.41, 5.74) is 3.66. The number of nitrogens with zero attached hydrogens (tertiary/aromatic N) is 1. The number of rotatable bonds is 2. The van der Waals surface area contributed by atoms with E-state index in [1.165, 1.54) is 5.56 Å². The van der Waals surface area contributed by atoms with Crippen molar-refractivity contribution in [2.24, 2.45) is 0 Å². The van der Waals surface area contributed by atoms with Gasteiger partial charge in [0, 0.05) is 6.54 Å². The van der Waals surface area contributed by atoms with Crippen molar-refractivity contribution in [3.63, 3.8) is 0 Å². The zero-order chi connectivity index (χ0) is 11.4. The van der Waals surface area contributed by atoms with Crippen molar-refractivity contribution in [3.05, 3.63) is 35.9 Å². The number of benzene rings is 1. The van der Waals surface area contributed by atoms with Crippen LogP contribution in [0.4, 0.5) is 4.79 Å². The molecule has 0 radical (unpaired) electrons. The van der Waals surface area contributed by atoms with Gasteiger partial charge in [-0.2, -0.15) is 0 Å². The fourth-order valence-corrected chi connectivity index (χ4v) is 2.21. The van der Waals surface area contributed by atoms with Gasteiger partial charge >= 0.3 is 6.09 Å². The van der Waals surface area contributed by atoms with E-state index in [1.54, 1.807) is 0 Å². The zero-order valence-corrected chi connectivity index (χ0v) is 9.10. The molecular weight excluding hydrogens is 204 g/mol. The molecule has 1 atom stereocenters. The fourth-order valence-electron chi connectivity index (χ4n) is 2.21. The van der Waals surface area contributed by atoms with E-state index in [0.717, 1.165) is 25.8 Å². The molecule has 4 heteroatoms. The second-order valence-electron chi connectivity index (χ2n) is 4.03. The predicted molar refractivity (Wildman–Crippen MR) is 60.9 cm³/mol. The van der Waals surface area contributed by atoms with Crippen LogP contribution < -0.4 is 5.43 Å². The molecule has 1 aromatic carbocycles. The fraction of sp³-hybridized carbons (Fsp3) is 0.417. The number of amides is 1. The largest absolute Gasteiger partial charge is 0.464 e. The third-order valence-corrected chi connectivity index (χ3v) is 2.93. The van der Waals surface area contributed by atoms with Gasteiger partial charge in [-0.15, -0.1) is 0 Å². The van der Waals surface area contributed by atoms with Gasteiger partial charge in [0.25, 0.3) is 0 Å².